The Labute approximate surface area is 108 Å². The molecule has 0 saturated heterocycles. The van der Waals surface area contributed by atoms with Crippen LogP contribution < -0.4 is 5.73 Å². The highest BCUT2D eigenvalue weighted by atomic mass is 19.4. The maximum absolute atomic E-state index is 12.3. The van der Waals surface area contributed by atoms with Crippen LogP contribution in [0.5, 0.6) is 0 Å². The summed E-state index contributed by atoms with van der Waals surface area (Å²) in [6, 6.07) is 4.31. The third kappa shape index (κ3) is 4.44. The standard InChI is InChI=1S/C12H15F3N2O2/c1-8-2-3-9(6-10(8)16)11(19)17(4-5-18)7-12(13,14)15/h2-3,6,18H,4-5,7,16H2,1H3. The van der Waals surface area contributed by atoms with Crippen molar-refractivity contribution < 1.29 is 23.1 Å². The van der Waals surface area contributed by atoms with E-state index in [1.165, 1.54) is 12.1 Å². The smallest absolute Gasteiger partial charge is 0.398 e. The minimum Gasteiger partial charge on any atom is -0.398 e. The molecule has 0 atom stereocenters. The van der Waals surface area contributed by atoms with Crippen molar-refractivity contribution in [3.63, 3.8) is 0 Å². The molecule has 19 heavy (non-hydrogen) atoms. The number of nitrogens with zero attached hydrogens (tertiary/aromatic N) is 1. The zero-order chi connectivity index (χ0) is 14.6. The molecule has 1 aromatic carbocycles. The number of alkyl halides is 3. The molecule has 106 valence electrons. The first-order valence-corrected chi connectivity index (χ1v) is 5.57. The number of hydrogen-bond acceptors (Lipinski definition) is 3. The number of carbonyl (C=O) groups is 1. The molecule has 0 heterocycles. The summed E-state index contributed by atoms with van der Waals surface area (Å²) in [5.41, 5.74) is 6.76. The lowest BCUT2D eigenvalue weighted by molar-refractivity contribution is -0.141. The van der Waals surface area contributed by atoms with Gasteiger partial charge in [0.25, 0.3) is 5.91 Å². The second-order valence-electron chi connectivity index (χ2n) is 4.14. The molecule has 0 bridgehead atoms. The van der Waals surface area contributed by atoms with E-state index in [4.69, 9.17) is 10.8 Å². The van der Waals surface area contributed by atoms with Crippen LogP contribution in [-0.2, 0) is 0 Å². The van der Waals surface area contributed by atoms with E-state index in [-0.39, 0.29) is 12.1 Å². The number of anilines is 1. The molecule has 0 radical (unpaired) electrons. The number of aliphatic hydroxyl groups is 1. The fourth-order valence-electron chi connectivity index (χ4n) is 1.55. The molecule has 1 amide bonds. The number of rotatable bonds is 4. The van der Waals surface area contributed by atoms with E-state index < -0.39 is 25.2 Å². The number of benzene rings is 1. The molecule has 0 aromatic heterocycles. The number of amides is 1. The number of aryl methyl sites for hydroxylation is 1. The molecule has 0 aliphatic carbocycles. The molecule has 0 fully saturated rings. The highest BCUT2D eigenvalue weighted by molar-refractivity contribution is 5.95. The minimum absolute atomic E-state index is 0.0702. The average molecular weight is 276 g/mol. The van der Waals surface area contributed by atoms with Crippen molar-refractivity contribution in [2.75, 3.05) is 25.4 Å². The Balaban J connectivity index is 2.95. The number of halogens is 3. The monoisotopic (exact) mass is 276 g/mol. The third-order valence-corrected chi connectivity index (χ3v) is 2.55. The fraction of sp³-hybridized carbons (Fsp3) is 0.417. The van der Waals surface area contributed by atoms with Gasteiger partial charge in [-0.25, -0.2) is 0 Å². The molecule has 0 aliphatic heterocycles. The van der Waals surface area contributed by atoms with E-state index in [9.17, 15) is 18.0 Å². The van der Waals surface area contributed by atoms with Crippen LogP contribution >= 0.6 is 0 Å². The fourth-order valence-corrected chi connectivity index (χ4v) is 1.55. The van der Waals surface area contributed by atoms with Crippen LogP contribution in [0.1, 0.15) is 15.9 Å². The second kappa shape index (κ2) is 5.92. The number of nitrogen functional groups attached to an aromatic ring is 1. The quantitative estimate of drug-likeness (QED) is 0.820. The Bertz CT molecular complexity index is 461. The summed E-state index contributed by atoms with van der Waals surface area (Å²) in [7, 11) is 0. The zero-order valence-electron chi connectivity index (χ0n) is 10.4. The van der Waals surface area contributed by atoms with Crippen LogP contribution in [-0.4, -0.2) is 41.8 Å². The summed E-state index contributed by atoms with van der Waals surface area (Å²) in [6.45, 7) is -0.597. The normalized spacial score (nSPS) is 11.4. The van der Waals surface area contributed by atoms with E-state index in [0.29, 0.717) is 10.6 Å². The first-order valence-electron chi connectivity index (χ1n) is 5.57. The van der Waals surface area contributed by atoms with Crippen LogP contribution in [0.4, 0.5) is 18.9 Å². The Hall–Kier alpha value is -1.76. The molecule has 0 saturated carbocycles. The van der Waals surface area contributed by atoms with Crippen molar-refractivity contribution in [3.8, 4) is 0 Å². The van der Waals surface area contributed by atoms with Gasteiger partial charge in [-0.15, -0.1) is 0 Å². The van der Waals surface area contributed by atoms with Gasteiger partial charge in [0.2, 0.25) is 0 Å². The number of carbonyl (C=O) groups excluding carboxylic acids is 1. The maximum atomic E-state index is 12.3. The SMILES string of the molecule is Cc1ccc(C(=O)N(CCO)CC(F)(F)F)cc1N. The maximum Gasteiger partial charge on any atom is 0.406 e. The van der Waals surface area contributed by atoms with Gasteiger partial charge in [-0.3, -0.25) is 4.79 Å². The van der Waals surface area contributed by atoms with Crippen molar-refractivity contribution in [1.82, 2.24) is 4.90 Å². The van der Waals surface area contributed by atoms with E-state index in [2.05, 4.69) is 0 Å². The molecular weight excluding hydrogens is 261 g/mol. The number of aliphatic hydroxyl groups excluding tert-OH is 1. The second-order valence-corrected chi connectivity index (χ2v) is 4.14. The Morgan fingerprint density at radius 2 is 2.05 bits per heavy atom. The summed E-state index contributed by atoms with van der Waals surface area (Å²) in [5.74, 6) is -0.807. The van der Waals surface area contributed by atoms with Gasteiger partial charge in [-0.2, -0.15) is 13.2 Å². The number of nitrogens with two attached hydrogens (primary N) is 1. The van der Waals surface area contributed by atoms with Crippen LogP contribution in [0.15, 0.2) is 18.2 Å². The first-order chi connectivity index (χ1) is 8.74. The van der Waals surface area contributed by atoms with Crippen LogP contribution in [0.2, 0.25) is 0 Å². The Morgan fingerprint density at radius 3 is 2.53 bits per heavy atom. The minimum atomic E-state index is -4.51. The van der Waals surface area contributed by atoms with E-state index >= 15 is 0 Å². The molecule has 0 aliphatic rings. The molecule has 1 aromatic rings. The van der Waals surface area contributed by atoms with Crippen LogP contribution in [0, 0.1) is 6.92 Å². The molecule has 3 N–H and O–H groups in total. The topological polar surface area (TPSA) is 66.6 Å². The van der Waals surface area contributed by atoms with E-state index in [0.717, 1.165) is 5.56 Å². The van der Waals surface area contributed by atoms with Gasteiger partial charge >= 0.3 is 6.18 Å². The zero-order valence-corrected chi connectivity index (χ0v) is 10.4. The molecule has 0 spiro atoms. The van der Waals surface area contributed by atoms with Crippen molar-refractivity contribution in [2.24, 2.45) is 0 Å². The highest BCUT2D eigenvalue weighted by Crippen LogP contribution is 2.19. The lowest BCUT2D eigenvalue weighted by atomic mass is 10.1. The summed E-state index contributed by atoms with van der Waals surface area (Å²) in [4.78, 5) is 12.5. The predicted molar refractivity (Wildman–Crippen MR) is 64.6 cm³/mol. The summed E-state index contributed by atoms with van der Waals surface area (Å²) in [5, 5.41) is 8.74. The Kier molecular flexibility index (Phi) is 4.77. The lowest BCUT2D eigenvalue weighted by Crippen LogP contribution is -2.40. The summed E-state index contributed by atoms with van der Waals surface area (Å²) in [6.07, 6.45) is -4.51. The van der Waals surface area contributed by atoms with E-state index in [1.54, 1.807) is 13.0 Å². The number of hydrogen-bond donors (Lipinski definition) is 2. The Morgan fingerprint density at radius 1 is 1.42 bits per heavy atom. The molecule has 1 rings (SSSR count). The van der Waals surface area contributed by atoms with Gasteiger partial charge in [-0.05, 0) is 24.6 Å². The molecule has 0 unspecified atom stereocenters. The van der Waals surface area contributed by atoms with Gasteiger partial charge in [-0.1, -0.05) is 6.07 Å². The highest BCUT2D eigenvalue weighted by Gasteiger charge is 2.33. The van der Waals surface area contributed by atoms with Crippen molar-refractivity contribution in [3.05, 3.63) is 29.3 Å². The summed E-state index contributed by atoms with van der Waals surface area (Å²) >= 11 is 0. The van der Waals surface area contributed by atoms with E-state index in [1.807, 2.05) is 0 Å². The third-order valence-electron chi connectivity index (χ3n) is 2.55. The lowest BCUT2D eigenvalue weighted by Gasteiger charge is -2.23. The first kappa shape index (κ1) is 15.3. The van der Waals surface area contributed by atoms with Gasteiger partial charge in [0.1, 0.15) is 6.54 Å². The van der Waals surface area contributed by atoms with Gasteiger partial charge in [0, 0.05) is 17.8 Å². The van der Waals surface area contributed by atoms with Crippen molar-refractivity contribution >= 4 is 11.6 Å². The molecule has 4 nitrogen and oxygen atoms in total. The van der Waals surface area contributed by atoms with Gasteiger partial charge in [0.05, 0.1) is 6.61 Å². The molecular formula is C12H15F3N2O2. The molecule has 7 heteroatoms. The largest absolute Gasteiger partial charge is 0.406 e. The van der Waals surface area contributed by atoms with Crippen LogP contribution in [0.3, 0.4) is 0 Å². The van der Waals surface area contributed by atoms with Gasteiger partial charge < -0.3 is 15.7 Å². The van der Waals surface area contributed by atoms with Crippen molar-refractivity contribution in [2.45, 2.75) is 13.1 Å². The van der Waals surface area contributed by atoms with Gasteiger partial charge in [0.15, 0.2) is 0 Å². The average Bonchev–Trinajstić information content (AvgIpc) is 2.29. The van der Waals surface area contributed by atoms with Crippen LogP contribution in [0.25, 0.3) is 0 Å². The predicted octanol–water partition coefficient (Wildman–Crippen LogP) is 1.57. The van der Waals surface area contributed by atoms with Crippen molar-refractivity contribution in [1.29, 1.82) is 0 Å². The summed E-state index contributed by atoms with van der Waals surface area (Å²) < 4.78 is 37.0.